The normalized spacial score (nSPS) is 17.3. The third-order valence-electron chi connectivity index (χ3n) is 4.04. The number of nitrogens with two attached hydrogens (primary N) is 1. The molecule has 1 aromatic carbocycles. The van der Waals surface area contributed by atoms with Crippen LogP contribution < -0.4 is 25.4 Å². The van der Waals surface area contributed by atoms with E-state index in [0.29, 0.717) is 6.54 Å². The highest BCUT2D eigenvalue weighted by atomic mass is 35.5. The van der Waals surface area contributed by atoms with Crippen molar-refractivity contribution >= 4 is 36.4 Å². The summed E-state index contributed by atoms with van der Waals surface area (Å²) in [5, 5.41) is 3.06. The number of carbonyl (C=O) groups excluding carboxylic acids is 1. The van der Waals surface area contributed by atoms with Crippen molar-refractivity contribution in [3.63, 3.8) is 0 Å². The Morgan fingerprint density at radius 3 is 2.38 bits per heavy atom. The largest absolute Gasteiger partial charge is 0.497 e. The van der Waals surface area contributed by atoms with E-state index in [-0.39, 0.29) is 42.7 Å². The first-order chi connectivity index (χ1) is 10.6. The van der Waals surface area contributed by atoms with Crippen molar-refractivity contribution in [1.29, 1.82) is 0 Å². The number of benzene rings is 1. The van der Waals surface area contributed by atoms with Gasteiger partial charge in [0.25, 0.3) is 0 Å². The van der Waals surface area contributed by atoms with E-state index in [4.69, 9.17) is 15.2 Å². The van der Waals surface area contributed by atoms with Crippen LogP contribution in [0.1, 0.15) is 13.3 Å². The van der Waals surface area contributed by atoms with Crippen LogP contribution in [0.15, 0.2) is 18.2 Å². The summed E-state index contributed by atoms with van der Waals surface area (Å²) in [6.45, 7) is 3.88. The number of nitrogens with zero attached hydrogens (tertiary/aromatic N) is 1. The van der Waals surface area contributed by atoms with Gasteiger partial charge in [-0.15, -0.1) is 24.8 Å². The van der Waals surface area contributed by atoms with Crippen molar-refractivity contribution in [3.8, 4) is 11.5 Å². The Bertz CT molecular complexity index is 509. The maximum atomic E-state index is 11.9. The topological polar surface area (TPSA) is 76.8 Å². The molecule has 1 heterocycles. The van der Waals surface area contributed by atoms with E-state index in [1.807, 2.05) is 25.1 Å². The molecule has 8 heteroatoms. The Morgan fingerprint density at radius 2 is 1.88 bits per heavy atom. The number of carbonyl (C=O) groups is 1. The fourth-order valence-corrected chi connectivity index (χ4v) is 2.54. The predicted molar refractivity (Wildman–Crippen MR) is 101 cm³/mol. The van der Waals surface area contributed by atoms with Gasteiger partial charge in [-0.1, -0.05) is 6.92 Å². The smallest absolute Gasteiger partial charge is 0.224 e. The number of hydrogen-bond acceptors (Lipinski definition) is 5. The van der Waals surface area contributed by atoms with E-state index >= 15 is 0 Å². The molecule has 0 spiro atoms. The summed E-state index contributed by atoms with van der Waals surface area (Å²) in [6, 6.07) is 5.96. The van der Waals surface area contributed by atoms with E-state index in [1.165, 1.54) is 0 Å². The number of halogens is 2. The van der Waals surface area contributed by atoms with Crippen LogP contribution in [0.4, 0.5) is 5.69 Å². The summed E-state index contributed by atoms with van der Waals surface area (Å²) in [5.74, 6) is 1.40. The lowest BCUT2D eigenvalue weighted by Crippen LogP contribution is -2.41. The van der Waals surface area contributed by atoms with Crippen molar-refractivity contribution in [2.24, 2.45) is 11.7 Å². The lowest BCUT2D eigenvalue weighted by molar-refractivity contribution is -0.124. The minimum absolute atomic E-state index is 0. The third kappa shape index (κ3) is 5.61. The SMILES string of the molecule is COc1cc(OC)cc(N2CCC(NC(=O)C(C)CN)C2)c1.Cl.Cl. The zero-order chi connectivity index (χ0) is 16.1. The molecule has 2 rings (SSSR count). The Labute approximate surface area is 155 Å². The van der Waals surface area contributed by atoms with Crippen LogP contribution in [0, 0.1) is 5.92 Å². The molecule has 1 amide bonds. The molecule has 6 nitrogen and oxygen atoms in total. The van der Waals surface area contributed by atoms with Gasteiger partial charge >= 0.3 is 0 Å². The summed E-state index contributed by atoms with van der Waals surface area (Å²) in [5.41, 5.74) is 6.57. The Balaban J connectivity index is 0.00000264. The summed E-state index contributed by atoms with van der Waals surface area (Å²) in [6.07, 6.45) is 0.919. The Kier molecular flexibility index (Phi) is 9.89. The summed E-state index contributed by atoms with van der Waals surface area (Å²) in [7, 11) is 3.28. The number of rotatable bonds is 6. The standard InChI is InChI=1S/C16H25N3O3.2ClH/c1-11(9-17)16(20)18-12-4-5-19(10-12)13-6-14(21-2)8-15(7-13)22-3;;/h6-8,11-12H,4-5,9-10,17H2,1-3H3,(H,18,20);2*1H. The van der Waals surface area contributed by atoms with Gasteiger partial charge in [0.05, 0.1) is 14.2 Å². The van der Waals surface area contributed by atoms with Crippen LogP contribution >= 0.6 is 24.8 Å². The predicted octanol–water partition coefficient (Wildman–Crippen LogP) is 1.84. The van der Waals surface area contributed by atoms with Crippen LogP contribution in [0.25, 0.3) is 0 Å². The van der Waals surface area contributed by atoms with E-state index in [1.54, 1.807) is 14.2 Å². The maximum Gasteiger partial charge on any atom is 0.224 e. The molecule has 24 heavy (non-hydrogen) atoms. The lowest BCUT2D eigenvalue weighted by atomic mass is 10.1. The average molecular weight is 380 g/mol. The average Bonchev–Trinajstić information content (AvgIpc) is 3.01. The molecule has 1 aliphatic heterocycles. The highest BCUT2D eigenvalue weighted by molar-refractivity contribution is 5.85. The zero-order valence-electron chi connectivity index (χ0n) is 14.3. The van der Waals surface area contributed by atoms with E-state index in [2.05, 4.69) is 10.2 Å². The Morgan fingerprint density at radius 1 is 1.29 bits per heavy atom. The number of nitrogens with one attached hydrogen (secondary N) is 1. The third-order valence-corrected chi connectivity index (χ3v) is 4.04. The fraction of sp³-hybridized carbons (Fsp3) is 0.562. The molecule has 0 bridgehead atoms. The highest BCUT2D eigenvalue weighted by Crippen LogP contribution is 2.30. The van der Waals surface area contributed by atoms with Gasteiger partial charge in [-0.05, 0) is 6.42 Å². The quantitative estimate of drug-likeness (QED) is 0.788. The fourth-order valence-electron chi connectivity index (χ4n) is 2.54. The number of amides is 1. The van der Waals surface area contributed by atoms with Crippen LogP contribution in [0.3, 0.4) is 0 Å². The maximum absolute atomic E-state index is 11.9. The molecular formula is C16H27Cl2N3O3. The van der Waals surface area contributed by atoms with Gasteiger partial charge in [0.15, 0.2) is 0 Å². The van der Waals surface area contributed by atoms with Gasteiger partial charge in [0.2, 0.25) is 5.91 Å². The second-order valence-electron chi connectivity index (χ2n) is 5.65. The van der Waals surface area contributed by atoms with Gasteiger partial charge in [0.1, 0.15) is 11.5 Å². The summed E-state index contributed by atoms with van der Waals surface area (Å²) >= 11 is 0. The molecule has 0 aromatic heterocycles. The second kappa shape index (κ2) is 10.5. The van der Waals surface area contributed by atoms with Crippen LogP contribution in [-0.2, 0) is 4.79 Å². The molecule has 2 unspecified atom stereocenters. The van der Waals surface area contributed by atoms with Crippen molar-refractivity contribution in [1.82, 2.24) is 5.32 Å². The molecule has 1 aliphatic rings. The van der Waals surface area contributed by atoms with Crippen molar-refractivity contribution in [2.45, 2.75) is 19.4 Å². The van der Waals surface area contributed by atoms with Crippen molar-refractivity contribution in [3.05, 3.63) is 18.2 Å². The van der Waals surface area contributed by atoms with Gasteiger partial charge in [-0.25, -0.2) is 0 Å². The Hall–Kier alpha value is -1.37. The zero-order valence-corrected chi connectivity index (χ0v) is 15.9. The van der Waals surface area contributed by atoms with Gasteiger partial charge in [0, 0.05) is 55.5 Å². The summed E-state index contributed by atoms with van der Waals surface area (Å²) in [4.78, 5) is 14.1. The molecule has 1 fully saturated rings. The van der Waals surface area contributed by atoms with Gasteiger partial charge in [-0.3, -0.25) is 4.79 Å². The molecule has 3 N–H and O–H groups in total. The first-order valence-corrected chi connectivity index (χ1v) is 7.55. The van der Waals surface area contributed by atoms with E-state index in [0.717, 1.165) is 36.7 Å². The van der Waals surface area contributed by atoms with E-state index in [9.17, 15) is 4.79 Å². The minimum Gasteiger partial charge on any atom is -0.497 e. The molecular weight excluding hydrogens is 353 g/mol. The lowest BCUT2D eigenvalue weighted by Gasteiger charge is -2.21. The second-order valence-corrected chi connectivity index (χ2v) is 5.65. The summed E-state index contributed by atoms with van der Waals surface area (Å²) < 4.78 is 10.6. The van der Waals surface area contributed by atoms with E-state index < -0.39 is 0 Å². The van der Waals surface area contributed by atoms with Crippen LogP contribution in [0.2, 0.25) is 0 Å². The van der Waals surface area contributed by atoms with Gasteiger partial charge in [-0.2, -0.15) is 0 Å². The van der Waals surface area contributed by atoms with Crippen molar-refractivity contribution in [2.75, 3.05) is 38.8 Å². The number of ether oxygens (including phenoxy) is 2. The molecule has 0 saturated carbocycles. The van der Waals surface area contributed by atoms with Crippen molar-refractivity contribution < 1.29 is 14.3 Å². The molecule has 0 aliphatic carbocycles. The number of methoxy groups -OCH3 is 2. The minimum atomic E-state index is -0.147. The molecule has 0 radical (unpaired) electrons. The molecule has 138 valence electrons. The number of hydrogen-bond donors (Lipinski definition) is 2. The molecule has 1 saturated heterocycles. The first-order valence-electron chi connectivity index (χ1n) is 7.55. The highest BCUT2D eigenvalue weighted by Gasteiger charge is 2.26. The molecule has 2 atom stereocenters. The first kappa shape index (κ1) is 22.6. The monoisotopic (exact) mass is 379 g/mol. The van der Waals surface area contributed by atoms with Crippen LogP contribution in [-0.4, -0.2) is 45.8 Å². The number of anilines is 1. The van der Waals surface area contributed by atoms with Crippen LogP contribution in [0.5, 0.6) is 11.5 Å². The molecule has 1 aromatic rings. The van der Waals surface area contributed by atoms with Gasteiger partial charge < -0.3 is 25.4 Å².